The van der Waals surface area contributed by atoms with Crippen LogP contribution in [0.1, 0.15) is 27.2 Å². The van der Waals surface area contributed by atoms with Crippen molar-refractivity contribution in [2.24, 2.45) is 0 Å². The first-order chi connectivity index (χ1) is 6.24. The van der Waals surface area contributed by atoms with Gasteiger partial charge in [0.05, 0.1) is 6.61 Å². The van der Waals surface area contributed by atoms with Crippen molar-refractivity contribution in [1.82, 2.24) is 0 Å². The van der Waals surface area contributed by atoms with E-state index in [0.29, 0.717) is 5.76 Å². The molecule has 0 atom stereocenters. The Kier molecular flexibility index (Phi) is 6.76. The van der Waals surface area contributed by atoms with E-state index < -0.39 is 0 Å². The maximum atomic E-state index is 5.36. The van der Waals surface area contributed by atoms with Gasteiger partial charge in [-0.15, -0.1) is 0 Å². The summed E-state index contributed by atoms with van der Waals surface area (Å²) >= 11 is 0. The molecule has 0 bridgehead atoms. The fourth-order valence-electron chi connectivity index (χ4n) is 0.673. The van der Waals surface area contributed by atoms with Crippen LogP contribution in [0.15, 0.2) is 41.9 Å². The highest BCUT2D eigenvalue weighted by molar-refractivity contribution is 5.22. The van der Waals surface area contributed by atoms with Gasteiger partial charge in [0.25, 0.3) is 0 Å². The molecule has 0 aliphatic rings. The first kappa shape index (κ1) is 11.8. The highest BCUT2D eigenvalue weighted by Gasteiger charge is 1.88. The second-order valence-electron chi connectivity index (χ2n) is 2.76. The first-order valence-corrected chi connectivity index (χ1v) is 4.58. The smallest absolute Gasteiger partial charge is 0.161 e. The molecule has 0 spiro atoms. The first-order valence-electron chi connectivity index (χ1n) is 4.58. The lowest BCUT2D eigenvalue weighted by atomic mass is 10.2. The molecule has 0 rings (SSSR count). The van der Waals surface area contributed by atoms with Crippen molar-refractivity contribution in [2.45, 2.75) is 27.2 Å². The molecular formula is C12H18O. The number of allylic oxidation sites excluding steroid dienone is 4. The fourth-order valence-corrected chi connectivity index (χ4v) is 0.673. The molecular weight excluding hydrogens is 160 g/mol. The van der Waals surface area contributed by atoms with Gasteiger partial charge in [0.2, 0.25) is 0 Å². The average Bonchev–Trinajstić information content (AvgIpc) is 2.17. The van der Waals surface area contributed by atoms with Crippen LogP contribution in [0.2, 0.25) is 0 Å². The van der Waals surface area contributed by atoms with Crippen LogP contribution in [0.5, 0.6) is 0 Å². The van der Waals surface area contributed by atoms with Crippen molar-refractivity contribution < 1.29 is 4.74 Å². The normalized spacial score (nSPS) is 11.5. The van der Waals surface area contributed by atoms with E-state index in [1.54, 1.807) is 0 Å². The second kappa shape index (κ2) is 7.45. The van der Waals surface area contributed by atoms with Crippen LogP contribution < -0.4 is 0 Å². The summed E-state index contributed by atoms with van der Waals surface area (Å²) in [6.07, 6.45) is 6.92. The van der Waals surface area contributed by atoms with Gasteiger partial charge in [-0.1, -0.05) is 37.0 Å². The summed E-state index contributed by atoms with van der Waals surface area (Å²) in [6.45, 7) is 10.4. The van der Waals surface area contributed by atoms with Crippen LogP contribution in [-0.4, -0.2) is 6.61 Å². The van der Waals surface area contributed by atoms with E-state index in [1.807, 2.05) is 32.1 Å². The molecule has 0 aliphatic carbocycles. The Hall–Kier alpha value is -1.20. The molecule has 13 heavy (non-hydrogen) atoms. The molecule has 0 aromatic carbocycles. The van der Waals surface area contributed by atoms with Crippen LogP contribution in [0.4, 0.5) is 0 Å². The van der Waals surface area contributed by atoms with Gasteiger partial charge >= 0.3 is 0 Å². The predicted octanol–water partition coefficient (Wildman–Crippen LogP) is 3.60. The SMILES string of the molecule is C=C=C(/C=C\C(C)=C/C)OCCC. The minimum absolute atomic E-state index is 0.711. The monoisotopic (exact) mass is 178 g/mol. The average molecular weight is 178 g/mol. The van der Waals surface area contributed by atoms with E-state index >= 15 is 0 Å². The van der Waals surface area contributed by atoms with Crippen LogP contribution in [-0.2, 0) is 4.74 Å². The standard InChI is InChI=1S/C12H18O/c1-5-10-13-12(7-3)9-8-11(4)6-2/h6,8-9H,3,5,10H2,1-2,4H3/b9-8-,11-6-. The lowest BCUT2D eigenvalue weighted by Gasteiger charge is -2.01. The van der Waals surface area contributed by atoms with Crippen molar-refractivity contribution in [3.63, 3.8) is 0 Å². The van der Waals surface area contributed by atoms with E-state index in [9.17, 15) is 0 Å². The maximum absolute atomic E-state index is 5.36. The summed E-state index contributed by atoms with van der Waals surface area (Å²) in [7, 11) is 0. The van der Waals surface area contributed by atoms with Crippen molar-refractivity contribution in [1.29, 1.82) is 0 Å². The highest BCUT2D eigenvalue weighted by Crippen LogP contribution is 2.02. The molecule has 72 valence electrons. The molecule has 0 unspecified atom stereocenters. The van der Waals surface area contributed by atoms with Crippen LogP contribution >= 0.6 is 0 Å². The molecule has 0 saturated heterocycles. The second-order valence-corrected chi connectivity index (χ2v) is 2.76. The summed E-state index contributed by atoms with van der Waals surface area (Å²) in [6, 6.07) is 0. The van der Waals surface area contributed by atoms with Crippen molar-refractivity contribution in [3.05, 3.63) is 41.9 Å². The Balaban J connectivity index is 4.15. The largest absolute Gasteiger partial charge is 0.486 e. The third kappa shape index (κ3) is 6.01. The van der Waals surface area contributed by atoms with Crippen LogP contribution in [0, 0.1) is 0 Å². The zero-order valence-electron chi connectivity index (χ0n) is 8.76. The number of hydrogen-bond acceptors (Lipinski definition) is 1. The van der Waals surface area contributed by atoms with E-state index in [-0.39, 0.29) is 0 Å². The molecule has 0 aromatic heterocycles. The van der Waals surface area contributed by atoms with Crippen molar-refractivity contribution in [3.8, 4) is 0 Å². The minimum atomic E-state index is 0.711. The Morgan fingerprint density at radius 1 is 1.46 bits per heavy atom. The molecule has 1 nitrogen and oxygen atoms in total. The maximum Gasteiger partial charge on any atom is 0.161 e. The molecule has 0 heterocycles. The van der Waals surface area contributed by atoms with Crippen LogP contribution in [0.25, 0.3) is 0 Å². The molecule has 1 heteroatoms. The van der Waals surface area contributed by atoms with Gasteiger partial charge in [-0.2, -0.15) is 0 Å². The third-order valence-corrected chi connectivity index (χ3v) is 1.59. The number of ether oxygens (including phenoxy) is 1. The summed E-state index contributed by atoms with van der Waals surface area (Å²) in [5.74, 6) is 0.711. The number of hydrogen-bond donors (Lipinski definition) is 0. The van der Waals surface area contributed by atoms with Gasteiger partial charge in [-0.05, 0) is 26.3 Å². The van der Waals surface area contributed by atoms with Gasteiger partial charge in [-0.25, -0.2) is 0 Å². The lowest BCUT2D eigenvalue weighted by molar-refractivity contribution is 0.226. The Morgan fingerprint density at radius 3 is 2.62 bits per heavy atom. The van der Waals surface area contributed by atoms with Gasteiger partial charge in [0.15, 0.2) is 5.76 Å². The molecule has 0 amide bonds. The predicted molar refractivity (Wildman–Crippen MR) is 57.5 cm³/mol. The van der Waals surface area contributed by atoms with Gasteiger partial charge in [0.1, 0.15) is 0 Å². The quantitative estimate of drug-likeness (QED) is 0.355. The Morgan fingerprint density at radius 2 is 2.15 bits per heavy atom. The zero-order chi connectivity index (χ0) is 10.1. The molecule has 0 N–H and O–H groups in total. The third-order valence-electron chi connectivity index (χ3n) is 1.59. The highest BCUT2D eigenvalue weighted by atomic mass is 16.5. The van der Waals surface area contributed by atoms with E-state index in [2.05, 4.69) is 19.2 Å². The number of rotatable bonds is 5. The van der Waals surface area contributed by atoms with Gasteiger partial charge < -0.3 is 4.74 Å². The molecule has 0 aromatic rings. The summed E-state index contributed by atoms with van der Waals surface area (Å²) < 4.78 is 5.36. The molecule has 0 fully saturated rings. The Labute approximate surface area is 81.1 Å². The Bertz CT molecular complexity index is 240. The van der Waals surface area contributed by atoms with Crippen LogP contribution in [0.3, 0.4) is 0 Å². The lowest BCUT2D eigenvalue weighted by Crippen LogP contribution is -1.89. The summed E-state index contributed by atoms with van der Waals surface area (Å²) in [4.78, 5) is 0. The van der Waals surface area contributed by atoms with Gasteiger partial charge in [0, 0.05) is 0 Å². The fraction of sp³-hybridized carbons (Fsp3) is 0.417. The van der Waals surface area contributed by atoms with Crippen molar-refractivity contribution >= 4 is 0 Å². The summed E-state index contributed by atoms with van der Waals surface area (Å²) in [5.41, 5.74) is 3.95. The zero-order valence-corrected chi connectivity index (χ0v) is 8.76. The van der Waals surface area contributed by atoms with E-state index in [1.165, 1.54) is 5.57 Å². The van der Waals surface area contributed by atoms with E-state index in [4.69, 9.17) is 4.74 Å². The van der Waals surface area contributed by atoms with Crippen molar-refractivity contribution in [2.75, 3.05) is 6.61 Å². The minimum Gasteiger partial charge on any atom is -0.486 e. The molecule has 0 aliphatic heterocycles. The molecule has 0 radical (unpaired) electrons. The van der Waals surface area contributed by atoms with Gasteiger partial charge in [-0.3, -0.25) is 0 Å². The summed E-state index contributed by atoms with van der Waals surface area (Å²) in [5, 5.41) is 0. The molecule has 0 saturated carbocycles. The topological polar surface area (TPSA) is 9.23 Å². The van der Waals surface area contributed by atoms with E-state index in [0.717, 1.165) is 13.0 Å².